The highest BCUT2D eigenvalue weighted by atomic mass is 32.2. The van der Waals surface area contributed by atoms with E-state index in [1.165, 1.54) is 18.0 Å². The van der Waals surface area contributed by atoms with E-state index in [2.05, 4.69) is 15.0 Å². The zero-order chi connectivity index (χ0) is 15.4. The van der Waals surface area contributed by atoms with E-state index < -0.39 is 5.97 Å². The molecule has 112 valence electrons. The molecule has 0 bridgehead atoms. The molecule has 0 fully saturated rings. The summed E-state index contributed by atoms with van der Waals surface area (Å²) in [5.41, 5.74) is 1.62. The number of carbonyl (C=O) groups is 1. The third kappa shape index (κ3) is 3.40. The maximum atomic E-state index is 11.7. The van der Waals surface area contributed by atoms with Gasteiger partial charge in [-0.2, -0.15) is 0 Å². The standard InChI is InChI=1S/C13H16N4O3S/c1-4-20-11(19)10-6-14-12(16-8(10)2)21-13-15-5-9(7-18)17(13)3/h5-6,18H,4,7H2,1-3H3. The SMILES string of the molecule is CCOC(=O)c1cnc(Sc2ncc(CO)n2C)nc1C. The first-order valence-corrected chi connectivity index (χ1v) is 7.18. The second-order valence-electron chi connectivity index (χ2n) is 4.22. The number of aryl methyl sites for hydroxylation is 1. The van der Waals surface area contributed by atoms with Crippen LogP contribution in [0.15, 0.2) is 22.7 Å². The van der Waals surface area contributed by atoms with Crippen LogP contribution in [-0.4, -0.2) is 37.2 Å². The summed E-state index contributed by atoms with van der Waals surface area (Å²) in [6.07, 6.45) is 3.06. The van der Waals surface area contributed by atoms with Crippen LogP contribution in [0.5, 0.6) is 0 Å². The second kappa shape index (κ2) is 6.68. The Morgan fingerprint density at radius 3 is 2.76 bits per heavy atom. The Morgan fingerprint density at radius 1 is 1.43 bits per heavy atom. The van der Waals surface area contributed by atoms with E-state index in [-0.39, 0.29) is 6.61 Å². The molecule has 0 radical (unpaired) electrons. The Labute approximate surface area is 126 Å². The van der Waals surface area contributed by atoms with Crippen LogP contribution in [0.3, 0.4) is 0 Å². The number of hydrogen-bond donors (Lipinski definition) is 1. The van der Waals surface area contributed by atoms with Gasteiger partial charge < -0.3 is 14.4 Å². The number of nitrogens with zero attached hydrogens (tertiary/aromatic N) is 4. The number of imidazole rings is 1. The van der Waals surface area contributed by atoms with Crippen LogP contribution in [0.25, 0.3) is 0 Å². The predicted molar refractivity (Wildman–Crippen MR) is 76.0 cm³/mol. The maximum absolute atomic E-state index is 11.7. The molecule has 0 atom stereocenters. The molecule has 0 amide bonds. The molecule has 0 aromatic carbocycles. The minimum Gasteiger partial charge on any atom is -0.462 e. The van der Waals surface area contributed by atoms with Crippen molar-refractivity contribution in [3.8, 4) is 0 Å². The van der Waals surface area contributed by atoms with Crippen LogP contribution in [0.1, 0.15) is 28.7 Å². The zero-order valence-corrected chi connectivity index (χ0v) is 12.8. The van der Waals surface area contributed by atoms with Crippen LogP contribution < -0.4 is 0 Å². The Hall–Kier alpha value is -1.93. The fourth-order valence-electron chi connectivity index (χ4n) is 1.65. The first-order valence-electron chi connectivity index (χ1n) is 6.36. The minimum absolute atomic E-state index is 0.0776. The van der Waals surface area contributed by atoms with Crippen LogP contribution in [-0.2, 0) is 18.4 Å². The highest BCUT2D eigenvalue weighted by Gasteiger charge is 2.15. The lowest BCUT2D eigenvalue weighted by molar-refractivity contribution is 0.0524. The molecule has 2 aromatic heterocycles. The van der Waals surface area contributed by atoms with Gasteiger partial charge in [-0.15, -0.1) is 0 Å². The third-order valence-corrected chi connectivity index (χ3v) is 3.78. The molecule has 7 nitrogen and oxygen atoms in total. The van der Waals surface area contributed by atoms with Gasteiger partial charge in [-0.3, -0.25) is 0 Å². The summed E-state index contributed by atoms with van der Waals surface area (Å²) in [6.45, 7) is 3.71. The molecule has 21 heavy (non-hydrogen) atoms. The fourth-order valence-corrected chi connectivity index (χ4v) is 2.46. The summed E-state index contributed by atoms with van der Waals surface area (Å²) >= 11 is 1.26. The Kier molecular flexibility index (Phi) is 4.92. The average molecular weight is 308 g/mol. The normalized spacial score (nSPS) is 10.7. The van der Waals surface area contributed by atoms with Gasteiger partial charge >= 0.3 is 5.97 Å². The number of ether oxygens (including phenoxy) is 1. The maximum Gasteiger partial charge on any atom is 0.341 e. The summed E-state index contributed by atoms with van der Waals surface area (Å²) in [7, 11) is 1.81. The molecular formula is C13H16N4O3S. The Morgan fingerprint density at radius 2 is 2.19 bits per heavy atom. The summed E-state index contributed by atoms with van der Waals surface area (Å²) in [6, 6.07) is 0. The van der Waals surface area contributed by atoms with E-state index in [1.807, 2.05) is 0 Å². The van der Waals surface area contributed by atoms with Crippen molar-refractivity contribution in [2.24, 2.45) is 7.05 Å². The quantitative estimate of drug-likeness (QED) is 0.658. The Bertz CT molecular complexity index is 657. The molecule has 2 aromatic rings. The number of aliphatic hydroxyl groups excluding tert-OH is 1. The fraction of sp³-hybridized carbons (Fsp3) is 0.385. The van der Waals surface area contributed by atoms with Gasteiger partial charge in [0.15, 0.2) is 10.3 Å². The predicted octanol–water partition coefficient (Wildman–Crippen LogP) is 1.34. The monoisotopic (exact) mass is 308 g/mol. The molecule has 0 aliphatic carbocycles. The number of aliphatic hydroxyl groups is 1. The Balaban J connectivity index is 2.20. The summed E-state index contributed by atoms with van der Waals surface area (Å²) in [4.78, 5) is 24.3. The smallest absolute Gasteiger partial charge is 0.341 e. The van der Waals surface area contributed by atoms with Crippen LogP contribution >= 0.6 is 11.8 Å². The molecule has 0 aliphatic heterocycles. The van der Waals surface area contributed by atoms with Gasteiger partial charge in [-0.05, 0) is 25.6 Å². The van der Waals surface area contributed by atoms with E-state index in [4.69, 9.17) is 9.84 Å². The highest BCUT2D eigenvalue weighted by Crippen LogP contribution is 2.24. The van der Waals surface area contributed by atoms with Gasteiger partial charge in [0, 0.05) is 13.2 Å². The molecule has 8 heteroatoms. The molecule has 0 saturated carbocycles. The topological polar surface area (TPSA) is 90.1 Å². The summed E-state index contributed by atoms with van der Waals surface area (Å²) in [5.74, 6) is -0.425. The average Bonchev–Trinajstić information content (AvgIpc) is 2.80. The molecule has 1 N–H and O–H groups in total. The van der Waals surface area contributed by atoms with Crippen LogP contribution in [0.2, 0.25) is 0 Å². The lowest BCUT2D eigenvalue weighted by Crippen LogP contribution is -2.09. The lowest BCUT2D eigenvalue weighted by Gasteiger charge is -2.06. The molecule has 0 unspecified atom stereocenters. The van der Waals surface area contributed by atoms with Crippen molar-refractivity contribution >= 4 is 17.7 Å². The number of rotatable bonds is 5. The van der Waals surface area contributed by atoms with Crippen molar-refractivity contribution in [3.63, 3.8) is 0 Å². The first kappa shape index (κ1) is 15.5. The largest absolute Gasteiger partial charge is 0.462 e. The third-order valence-electron chi connectivity index (χ3n) is 2.84. The van der Waals surface area contributed by atoms with Gasteiger partial charge in [0.1, 0.15) is 0 Å². The van der Waals surface area contributed by atoms with E-state index in [9.17, 15) is 4.79 Å². The van der Waals surface area contributed by atoms with Crippen molar-refractivity contribution in [2.75, 3.05) is 6.61 Å². The number of esters is 1. The van der Waals surface area contributed by atoms with Gasteiger partial charge in [0.2, 0.25) is 0 Å². The number of aromatic nitrogens is 4. The van der Waals surface area contributed by atoms with Crippen molar-refractivity contribution in [1.29, 1.82) is 0 Å². The summed E-state index contributed by atoms with van der Waals surface area (Å²) < 4.78 is 6.70. The van der Waals surface area contributed by atoms with Crippen LogP contribution in [0.4, 0.5) is 0 Å². The van der Waals surface area contributed by atoms with Crippen molar-refractivity contribution < 1.29 is 14.6 Å². The van der Waals surface area contributed by atoms with Gasteiger partial charge in [0.05, 0.1) is 36.4 Å². The van der Waals surface area contributed by atoms with Gasteiger partial charge in [0.25, 0.3) is 0 Å². The minimum atomic E-state index is -0.425. The van der Waals surface area contributed by atoms with Crippen LogP contribution in [0, 0.1) is 6.92 Å². The van der Waals surface area contributed by atoms with Crippen molar-refractivity contribution in [3.05, 3.63) is 29.3 Å². The number of carbonyl (C=O) groups excluding carboxylic acids is 1. The zero-order valence-electron chi connectivity index (χ0n) is 12.0. The molecule has 0 aliphatic rings. The molecule has 2 rings (SSSR count). The lowest BCUT2D eigenvalue weighted by atomic mass is 10.2. The first-order chi connectivity index (χ1) is 10.1. The molecule has 2 heterocycles. The van der Waals surface area contributed by atoms with Crippen molar-refractivity contribution in [2.45, 2.75) is 30.8 Å². The second-order valence-corrected chi connectivity index (χ2v) is 5.16. The van der Waals surface area contributed by atoms with Gasteiger partial charge in [-0.1, -0.05) is 0 Å². The summed E-state index contributed by atoms with van der Waals surface area (Å²) in [5, 5.41) is 10.3. The number of hydrogen-bond acceptors (Lipinski definition) is 7. The van der Waals surface area contributed by atoms with E-state index in [0.29, 0.717) is 33.9 Å². The van der Waals surface area contributed by atoms with E-state index in [1.54, 1.807) is 31.7 Å². The van der Waals surface area contributed by atoms with E-state index in [0.717, 1.165) is 0 Å². The molecule has 0 spiro atoms. The molecule has 0 saturated heterocycles. The van der Waals surface area contributed by atoms with E-state index >= 15 is 0 Å². The highest BCUT2D eigenvalue weighted by molar-refractivity contribution is 7.99. The van der Waals surface area contributed by atoms with Gasteiger partial charge in [-0.25, -0.2) is 19.7 Å². The molecular weight excluding hydrogens is 292 g/mol. The van der Waals surface area contributed by atoms with Crippen molar-refractivity contribution in [1.82, 2.24) is 19.5 Å².